The fourth-order valence-electron chi connectivity index (χ4n) is 2.24. The lowest BCUT2D eigenvalue weighted by atomic mass is 10.2. The van der Waals surface area contributed by atoms with Crippen molar-refractivity contribution in [2.45, 2.75) is 19.6 Å². The third-order valence-electron chi connectivity index (χ3n) is 3.61. The van der Waals surface area contributed by atoms with Gasteiger partial charge < -0.3 is 15.0 Å². The van der Waals surface area contributed by atoms with Crippen molar-refractivity contribution in [3.05, 3.63) is 58.6 Å². The first-order chi connectivity index (χ1) is 12.2. The number of methoxy groups -OCH3 is 1. The molecular formula is C18H18ClF3N2OS. The van der Waals surface area contributed by atoms with Gasteiger partial charge in [-0.05, 0) is 54.5 Å². The van der Waals surface area contributed by atoms with Crippen LogP contribution in [0.4, 0.5) is 18.9 Å². The van der Waals surface area contributed by atoms with Gasteiger partial charge in [0.25, 0.3) is 0 Å². The average Bonchev–Trinajstić information content (AvgIpc) is 2.57. The highest BCUT2D eigenvalue weighted by molar-refractivity contribution is 7.80. The summed E-state index contributed by atoms with van der Waals surface area (Å²) >= 11 is 11.2. The van der Waals surface area contributed by atoms with Crippen molar-refractivity contribution < 1.29 is 17.9 Å². The summed E-state index contributed by atoms with van der Waals surface area (Å²) in [4.78, 5) is 1.06. The molecule has 140 valence electrons. The van der Waals surface area contributed by atoms with Crippen molar-refractivity contribution in [3.8, 4) is 5.75 Å². The van der Waals surface area contributed by atoms with Crippen LogP contribution in [0.1, 0.15) is 11.1 Å². The molecule has 2 rings (SSSR count). The number of nitrogens with one attached hydrogen (secondary N) is 1. The summed E-state index contributed by atoms with van der Waals surface area (Å²) in [5.74, 6) is 0.631. The van der Waals surface area contributed by atoms with Crippen LogP contribution in [0.5, 0.6) is 5.75 Å². The smallest absolute Gasteiger partial charge is 0.406 e. The SMILES string of the molecule is COc1ccc(CN(CC(F)(F)F)C(=S)Nc2ccc(C)c(Cl)c2)cc1. The maximum atomic E-state index is 13.0. The van der Waals surface area contributed by atoms with Crippen molar-refractivity contribution in [2.75, 3.05) is 19.0 Å². The van der Waals surface area contributed by atoms with Gasteiger partial charge in [-0.3, -0.25) is 0 Å². The fraction of sp³-hybridized carbons (Fsp3) is 0.278. The number of ether oxygens (including phenoxy) is 1. The van der Waals surface area contributed by atoms with Crippen LogP contribution in [0.3, 0.4) is 0 Å². The number of alkyl halides is 3. The molecule has 0 spiro atoms. The number of aryl methyl sites for hydroxylation is 1. The topological polar surface area (TPSA) is 24.5 Å². The molecule has 0 atom stereocenters. The van der Waals surface area contributed by atoms with Crippen LogP contribution in [0, 0.1) is 6.92 Å². The summed E-state index contributed by atoms with van der Waals surface area (Å²) in [5.41, 5.74) is 2.09. The molecule has 0 heterocycles. The number of halogens is 4. The first-order valence-electron chi connectivity index (χ1n) is 7.69. The van der Waals surface area contributed by atoms with E-state index in [0.717, 1.165) is 10.5 Å². The molecule has 26 heavy (non-hydrogen) atoms. The Hall–Kier alpha value is -1.99. The number of rotatable bonds is 5. The second-order valence-electron chi connectivity index (χ2n) is 5.71. The largest absolute Gasteiger partial charge is 0.497 e. The third kappa shape index (κ3) is 6.07. The van der Waals surface area contributed by atoms with Crippen molar-refractivity contribution in [1.29, 1.82) is 0 Å². The maximum Gasteiger partial charge on any atom is 0.406 e. The summed E-state index contributed by atoms with van der Waals surface area (Å²) < 4.78 is 44.0. The molecule has 0 aliphatic rings. The molecule has 0 saturated heterocycles. The van der Waals surface area contributed by atoms with Gasteiger partial charge in [0, 0.05) is 17.3 Å². The number of anilines is 1. The van der Waals surface area contributed by atoms with Crippen LogP contribution < -0.4 is 10.1 Å². The normalized spacial score (nSPS) is 11.2. The zero-order valence-corrected chi connectivity index (χ0v) is 15.8. The van der Waals surface area contributed by atoms with Gasteiger partial charge in [-0.2, -0.15) is 13.2 Å². The molecule has 0 saturated carbocycles. The quantitative estimate of drug-likeness (QED) is 0.675. The lowest BCUT2D eigenvalue weighted by molar-refractivity contribution is -0.138. The van der Waals surface area contributed by atoms with Crippen LogP contribution >= 0.6 is 23.8 Å². The third-order valence-corrected chi connectivity index (χ3v) is 4.38. The molecule has 0 unspecified atom stereocenters. The van der Waals surface area contributed by atoms with Crippen LogP contribution in [0.25, 0.3) is 0 Å². The Morgan fingerprint density at radius 2 is 1.85 bits per heavy atom. The van der Waals surface area contributed by atoms with E-state index in [1.807, 2.05) is 6.92 Å². The number of thiocarbonyl (C=S) groups is 1. The van der Waals surface area contributed by atoms with Crippen LogP contribution in [0.2, 0.25) is 5.02 Å². The van der Waals surface area contributed by atoms with Gasteiger partial charge in [0.05, 0.1) is 7.11 Å². The Labute approximate surface area is 160 Å². The highest BCUT2D eigenvalue weighted by Gasteiger charge is 2.32. The van der Waals surface area contributed by atoms with Crippen molar-refractivity contribution in [3.63, 3.8) is 0 Å². The Morgan fingerprint density at radius 1 is 1.19 bits per heavy atom. The predicted molar refractivity (Wildman–Crippen MR) is 102 cm³/mol. The van der Waals surface area contributed by atoms with Gasteiger partial charge in [-0.15, -0.1) is 0 Å². The van der Waals surface area contributed by atoms with Gasteiger partial charge >= 0.3 is 6.18 Å². The predicted octanol–water partition coefficient (Wildman–Crippen LogP) is 5.42. The number of hydrogen-bond donors (Lipinski definition) is 1. The first kappa shape index (κ1) is 20.3. The van der Waals surface area contributed by atoms with Gasteiger partial charge in [0.2, 0.25) is 0 Å². The second kappa shape index (κ2) is 8.60. The maximum absolute atomic E-state index is 13.0. The monoisotopic (exact) mass is 402 g/mol. The summed E-state index contributed by atoms with van der Waals surface area (Å²) in [6.07, 6.45) is -4.39. The van der Waals surface area contributed by atoms with E-state index in [-0.39, 0.29) is 11.7 Å². The van der Waals surface area contributed by atoms with Gasteiger partial charge in [-0.1, -0.05) is 29.8 Å². The standard InChI is InChI=1S/C18H18ClF3N2OS/c1-12-3-6-14(9-16(12)19)23-17(26)24(11-18(20,21)22)10-13-4-7-15(25-2)8-5-13/h3-9H,10-11H2,1-2H3,(H,23,26). The average molecular weight is 403 g/mol. The van der Waals surface area contributed by atoms with E-state index in [0.29, 0.717) is 22.0 Å². The summed E-state index contributed by atoms with van der Waals surface area (Å²) in [6.45, 7) is 0.684. The minimum Gasteiger partial charge on any atom is -0.497 e. The lowest BCUT2D eigenvalue weighted by Crippen LogP contribution is -2.40. The Balaban J connectivity index is 2.16. The highest BCUT2D eigenvalue weighted by atomic mass is 35.5. The van der Waals surface area contributed by atoms with E-state index in [2.05, 4.69) is 5.32 Å². The molecule has 0 amide bonds. The molecule has 0 aliphatic heterocycles. The van der Waals surface area contributed by atoms with E-state index in [4.69, 9.17) is 28.6 Å². The molecule has 0 aliphatic carbocycles. The molecule has 0 radical (unpaired) electrons. The zero-order valence-electron chi connectivity index (χ0n) is 14.2. The molecule has 0 fully saturated rings. The van der Waals surface area contributed by atoms with E-state index in [9.17, 15) is 13.2 Å². The van der Waals surface area contributed by atoms with Crippen LogP contribution in [0.15, 0.2) is 42.5 Å². The van der Waals surface area contributed by atoms with Gasteiger partial charge in [0.15, 0.2) is 5.11 Å². The number of hydrogen-bond acceptors (Lipinski definition) is 2. The number of nitrogens with zero attached hydrogens (tertiary/aromatic N) is 1. The van der Waals surface area contributed by atoms with E-state index >= 15 is 0 Å². The molecule has 8 heteroatoms. The molecule has 0 aromatic heterocycles. The molecule has 2 aromatic carbocycles. The molecule has 0 bridgehead atoms. The highest BCUT2D eigenvalue weighted by Crippen LogP contribution is 2.23. The second-order valence-corrected chi connectivity index (χ2v) is 6.51. The summed E-state index contributed by atoms with van der Waals surface area (Å²) in [5, 5.41) is 3.30. The lowest BCUT2D eigenvalue weighted by Gasteiger charge is -2.27. The van der Waals surface area contributed by atoms with Crippen molar-refractivity contribution in [2.24, 2.45) is 0 Å². The summed E-state index contributed by atoms with van der Waals surface area (Å²) in [6, 6.07) is 11.9. The minimum absolute atomic E-state index is 0.00886. The molecular weight excluding hydrogens is 385 g/mol. The minimum atomic E-state index is -4.39. The summed E-state index contributed by atoms with van der Waals surface area (Å²) in [7, 11) is 1.52. The van der Waals surface area contributed by atoms with Crippen LogP contribution in [-0.2, 0) is 6.54 Å². The molecule has 1 N–H and O–H groups in total. The molecule has 3 nitrogen and oxygen atoms in total. The Kier molecular flexibility index (Phi) is 6.72. The van der Waals surface area contributed by atoms with Gasteiger partial charge in [0.1, 0.15) is 12.3 Å². The van der Waals surface area contributed by atoms with Crippen molar-refractivity contribution in [1.82, 2.24) is 4.90 Å². The van der Waals surface area contributed by atoms with Crippen molar-refractivity contribution >= 4 is 34.6 Å². The zero-order chi connectivity index (χ0) is 19.3. The van der Waals surface area contributed by atoms with E-state index in [1.165, 1.54) is 7.11 Å². The van der Waals surface area contributed by atoms with E-state index in [1.54, 1.807) is 42.5 Å². The fourth-order valence-corrected chi connectivity index (χ4v) is 2.67. The van der Waals surface area contributed by atoms with Crippen LogP contribution in [-0.4, -0.2) is 29.8 Å². The first-order valence-corrected chi connectivity index (χ1v) is 8.48. The van der Waals surface area contributed by atoms with E-state index < -0.39 is 12.7 Å². The Bertz CT molecular complexity index is 766. The van der Waals surface area contributed by atoms with Gasteiger partial charge in [-0.25, -0.2) is 0 Å². The Morgan fingerprint density at radius 3 is 2.38 bits per heavy atom. The number of benzene rings is 2. The molecule has 2 aromatic rings.